The van der Waals surface area contributed by atoms with Gasteiger partial charge in [-0.05, 0) is 35.6 Å². The van der Waals surface area contributed by atoms with E-state index >= 15 is 0 Å². The van der Waals surface area contributed by atoms with Gasteiger partial charge in [-0.3, -0.25) is 4.79 Å². The third kappa shape index (κ3) is 6.94. The molecule has 7 heteroatoms. The van der Waals surface area contributed by atoms with E-state index in [1.165, 1.54) is 12.1 Å². The molecule has 0 saturated carbocycles. The van der Waals surface area contributed by atoms with Gasteiger partial charge in [0.25, 0.3) is 5.92 Å². The van der Waals surface area contributed by atoms with E-state index < -0.39 is 11.3 Å². The Labute approximate surface area is 216 Å². The zero-order chi connectivity index (χ0) is 26.3. The van der Waals surface area contributed by atoms with Crippen LogP contribution in [-0.2, 0) is 34.0 Å². The van der Waals surface area contributed by atoms with Crippen LogP contribution in [0.25, 0.3) is 0 Å². The number of carbonyl (C=O) groups excluding carboxylic acids is 2. The highest BCUT2D eigenvalue weighted by Gasteiger charge is 2.39. The minimum absolute atomic E-state index is 0.0773. The fraction of sp³-hybridized carbons (Fsp3) is 0.333. The first-order chi connectivity index (χ1) is 17.7. The monoisotopic (exact) mass is 506 g/mol. The van der Waals surface area contributed by atoms with Crippen molar-refractivity contribution in [1.29, 1.82) is 0 Å². The number of amides is 2. The summed E-state index contributed by atoms with van der Waals surface area (Å²) in [4.78, 5) is 27.4. The van der Waals surface area contributed by atoms with Crippen molar-refractivity contribution in [3.05, 3.63) is 107 Å². The maximum absolute atomic E-state index is 13.7. The van der Waals surface area contributed by atoms with Crippen molar-refractivity contribution in [2.24, 2.45) is 0 Å². The number of rotatable bonds is 8. The number of likely N-dealkylation sites (tertiary alicyclic amines) is 1. The number of nitrogens with one attached hydrogen (secondary N) is 1. The molecule has 1 aliphatic heterocycles. The number of piperidine rings is 1. The molecule has 0 spiro atoms. The summed E-state index contributed by atoms with van der Waals surface area (Å²) in [5.41, 5.74) is 2.09. The van der Waals surface area contributed by atoms with E-state index in [0.29, 0.717) is 31.5 Å². The van der Waals surface area contributed by atoms with Crippen LogP contribution in [0, 0.1) is 0 Å². The van der Waals surface area contributed by atoms with Gasteiger partial charge in [0.15, 0.2) is 0 Å². The van der Waals surface area contributed by atoms with E-state index in [0.717, 1.165) is 18.1 Å². The Kier molecular flexibility index (Phi) is 8.21. The van der Waals surface area contributed by atoms with Crippen molar-refractivity contribution in [1.82, 2.24) is 10.2 Å². The Balaban J connectivity index is 1.38. The summed E-state index contributed by atoms with van der Waals surface area (Å²) in [6.07, 6.45) is 1.11. The molecule has 3 aromatic carbocycles. The molecular weight excluding hydrogens is 474 g/mol. The molecular formula is C30H32F2N2O3. The molecule has 1 heterocycles. The van der Waals surface area contributed by atoms with E-state index in [2.05, 4.69) is 5.32 Å². The molecule has 37 heavy (non-hydrogen) atoms. The number of hydrogen-bond donors (Lipinski definition) is 1. The summed E-state index contributed by atoms with van der Waals surface area (Å²) in [6, 6.07) is 25.5. The van der Waals surface area contributed by atoms with Crippen molar-refractivity contribution in [3.63, 3.8) is 0 Å². The Morgan fingerprint density at radius 2 is 1.54 bits per heavy atom. The van der Waals surface area contributed by atoms with Crippen molar-refractivity contribution < 1.29 is 23.1 Å². The number of hydrogen-bond acceptors (Lipinski definition) is 3. The minimum Gasteiger partial charge on any atom is -0.445 e. The van der Waals surface area contributed by atoms with Gasteiger partial charge in [0.2, 0.25) is 5.91 Å². The van der Waals surface area contributed by atoms with E-state index in [9.17, 15) is 18.4 Å². The molecule has 1 fully saturated rings. The van der Waals surface area contributed by atoms with Gasteiger partial charge in [0.1, 0.15) is 6.61 Å². The predicted octanol–water partition coefficient (Wildman–Crippen LogP) is 6.18. The molecule has 0 aliphatic carbocycles. The SMILES string of the molecule is CC(F)(F)c1cccc(CNC(=O)CC2(c3ccccc3)CCN(C(=O)OCc3ccccc3)CC2)c1. The molecule has 0 unspecified atom stereocenters. The second-order valence-electron chi connectivity index (χ2n) is 9.72. The van der Waals surface area contributed by atoms with Crippen LogP contribution < -0.4 is 5.32 Å². The number of benzene rings is 3. The molecule has 4 rings (SSSR count). The first-order valence-corrected chi connectivity index (χ1v) is 12.5. The normalized spacial score (nSPS) is 15.2. The van der Waals surface area contributed by atoms with Gasteiger partial charge in [0, 0.05) is 44.0 Å². The van der Waals surface area contributed by atoms with E-state index in [4.69, 9.17) is 4.74 Å². The van der Waals surface area contributed by atoms with Gasteiger partial charge in [0.05, 0.1) is 0 Å². The van der Waals surface area contributed by atoms with Crippen LogP contribution in [0.15, 0.2) is 84.9 Å². The fourth-order valence-corrected chi connectivity index (χ4v) is 4.81. The van der Waals surface area contributed by atoms with Gasteiger partial charge in [-0.15, -0.1) is 0 Å². The largest absolute Gasteiger partial charge is 0.445 e. The van der Waals surface area contributed by atoms with E-state index in [1.54, 1.807) is 17.0 Å². The second-order valence-corrected chi connectivity index (χ2v) is 9.72. The zero-order valence-corrected chi connectivity index (χ0v) is 21.0. The zero-order valence-electron chi connectivity index (χ0n) is 21.0. The van der Waals surface area contributed by atoms with Crippen LogP contribution in [-0.4, -0.2) is 30.0 Å². The van der Waals surface area contributed by atoms with Crippen LogP contribution in [0.2, 0.25) is 0 Å². The Bertz CT molecular complexity index is 1190. The molecule has 1 N–H and O–H groups in total. The maximum atomic E-state index is 13.7. The van der Waals surface area contributed by atoms with Crippen LogP contribution in [0.5, 0.6) is 0 Å². The van der Waals surface area contributed by atoms with Crippen LogP contribution in [0.1, 0.15) is 48.4 Å². The molecule has 0 atom stereocenters. The Morgan fingerprint density at radius 1 is 0.919 bits per heavy atom. The van der Waals surface area contributed by atoms with Crippen molar-refractivity contribution >= 4 is 12.0 Å². The average Bonchev–Trinajstić information content (AvgIpc) is 2.92. The summed E-state index contributed by atoms with van der Waals surface area (Å²) in [7, 11) is 0. The molecule has 1 saturated heterocycles. The minimum atomic E-state index is -2.94. The molecule has 194 valence electrons. The Morgan fingerprint density at radius 3 is 2.19 bits per heavy atom. The summed E-state index contributed by atoms with van der Waals surface area (Å²) < 4.78 is 32.9. The summed E-state index contributed by atoms with van der Waals surface area (Å²) in [6.45, 7) is 2.20. The van der Waals surface area contributed by atoms with Crippen LogP contribution in [0.4, 0.5) is 13.6 Å². The van der Waals surface area contributed by atoms with Crippen molar-refractivity contribution in [2.75, 3.05) is 13.1 Å². The lowest BCUT2D eigenvalue weighted by Gasteiger charge is -2.41. The molecule has 3 aromatic rings. The standard InChI is InChI=1S/C30H32F2N2O3/c1-29(31,32)26-14-8-11-24(19-26)21-33-27(35)20-30(25-12-6-3-7-13-25)15-17-34(18-16-30)28(36)37-22-23-9-4-2-5-10-23/h2-14,19H,15-18,20-22H2,1H3,(H,33,35). The van der Waals surface area contributed by atoms with E-state index in [1.807, 2.05) is 60.7 Å². The van der Waals surface area contributed by atoms with Gasteiger partial charge in [-0.2, -0.15) is 0 Å². The second kappa shape index (κ2) is 11.5. The highest BCUT2D eigenvalue weighted by molar-refractivity contribution is 5.78. The topological polar surface area (TPSA) is 58.6 Å². The first-order valence-electron chi connectivity index (χ1n) is 12.5. The third-order valence-corrected chi connectivity index (χ3v) is 6.99. The number of carbonyl (C=O) groups is 2. The average molecular weight is 507 g/mol. The lowest BCUT2D eigenvalue weighted by Crippen LogP contribution is -2.47. The van der Waals surface area contributed by atoms with Gasteiger partial charge in [-0.25, -0.2) is 13.6 Å². The molecule has 2 amide bonds. The molecule has 5 nitrogen and oxygen atoms in total. The molecule has 0 bridgehead atoms. The van der Waals surface area contributed by atoms with Gasteiger partial charge < -0.3 is 15.0 Å². The molecule has 0 aromatic heterocycles. The third-order valence-electron chi connectivity index (χ3n) is 6.99. The maximum Gasteiger partial charge on any atom is 0.410 e. The highest BCUT2D eigenvalue weighted by atomic mass is 19.3. The van der Waals surface area contributed by atoms with Crippen molar-refractivity contribution in [2.45, 2.75) is 50.7 Å². The number of halogens is 2. The van der Waals surface area contributed by atoms with Gasteiger partial charge >= 0.3 is 6.09 Å². The first kappa shape index (κ1) is 26.3. The Hall–Kier alpha value is -3.74. The summed E-state index contributed by atoms with van der Waals surface area (Å²) in [5, 5.41) is 2.90. The lowest BCUT2D eigenvalue weighted by atomic mass is 9.70. The number of nitrogens with zero attached hydrogens (tertiary/aromatic N) is 1. The van der Waals surface area contributed by atoms with Crippen molar-refractivity contribution in [3.8, 4) is 0 Å². The lowest BCUT2D eigenvalue weighted by molar-refractivity contribution is -0.123. The predicted molar refractivity (Wildman–Crippen MR) is 138 cm³/mol. The van der Waals surface area contributed by atoms with Crippen LogP contribution >= 0.6 is 0 Å². The summed E-state index contributed by atoms with van der Waals surface area (Å²) >= 11 is 0. The highest BCUT2D eigenvalue weighted by Crippen LogP contribution is 2.39. The number of ether oxygens (including phenoxy) is 1. The smallest absolute Gasteiger partial charge is 0.410 e. The number of alkyl halides is 2. The fourth-order valence-electron chi connectivity index (χ4n) is 4.81. The molecule has 0 radical (unpaired) electrons. The molecule has 1 aliphatic rings. The summed E-state index contributed by atoms with van der Waals surface area (Å²) in [5.74, 6) is -3.09. The van der Waals surface area contributed by atoms with Gasteiger partial charge in [-0.1, -0.05) is 78.9 Å². The quantitative estimate of drug-likeness (QED) is 0.397. The van der Waals surface area contributed by atoms with Crippen LogP contribution in [0.3, 0.4) is 0 Å². The van der Waals surface area contributed by atoms with E-state index in [-0.39, 0.29) is 37.1 Å².